The number of H-pyrrole nitrogens is 1. The van der Waals surface area contributed by atoms with Crippen LogP contribution < -0.4 is 16.2 Å². The lowest BCUT2D eigenvalue weighted by Gasteiger charge is -2.11. The largest absolute Gasteiger partial charge is 0.324 e. The number of aryl methyl sites for hydroxylation is 1. The van der Waals surface area contributed by atoms with Crippen molar-refractivity contribution in [2.24, 2.45) is 0 Å². The van der Waals surface area contributed by atoms with Crippen molar-refractivity contribution in [3.05, 3.63) is 82.3 Å². The van der Waals surface area contributed by atoms with E-state index in [2.05, 4.69) is 27.6 Å². The van der Waals surface area contributed by atoms with Crippen molar-refractivity contribution in [1.82, 2.24) is 14.8 Å². The van der Waals surface area contributed by atoms with Gasteiger partial charge in [-0.2, -0.15) is 5.10 Å². The third kappa shape index (κ3) is 4.66. The Labute approximate surface area is 182 Å². The molecule has 164 valence electrons. The Hall–Kier alpha value is -4.01. The number of anilines is 2. The van der Waals surface area contributed by atoms with E-state index in [4.69, 9.17) is 0 Å². The minimum Gasteiger partial charge on any atom is -0.322 e. The van der Waals surface area contributed by atoms with Crippen LogP contribution in [-0.4, -0.2) is 20.8 Å². The Bertz CT molecular complexity index is 1350. The Morgan fingerprint density at radius 1 is 1.06 bits per heavy atom. The van der Waals surface area contributed by atoms with E-state index in [-0.39, 0.29) is 11.2 Å². The molecule has 9 heteroatoms. The first kappa shape index (κ1) is 21.2. The maximum absolute atomic E-state index is 13.9. The molecule has 2 heterocycles. The summed E-state index contributed by atoms with van der Waals surface area (Å²) in [6.07, 6.45) is 2.65. The Morgan fingerprint density at radius 2 is 1.91 bits per heavy atom. The Balaban J connectivity index is 1.65. The average Bonchev–Trinajstić information content (AvgIpc) is 3.16. The van der Waals surface area contributed by atoms with E-state index in [0.717, 1.165) is 42.5 Å². The molecular weight excluding hydrogens is 416 g/mol. The molecule has 2 aromatic heterocycles. The van der Waals surface area contributed by atoms with E-state index in [0.29, 0.717) is 23.1 Å². The zero-order valence-electron chi connectivity index (χ0n) is 17.3. The lowest BCUT2D eigenvalue weighted by atomic mass is 10.2. The predicted octanol–water partition coefficient (Wildman–Crippen LogP) is 4.98. The fraction of sp³-hybridized carbons (Fsp3) is 0.174. The first-order valence-corrected chi connectivity index (χ1v) is 10.2. The van der Waals surface area contributed by atoms with E-state index in [9.17, 15) is 18.4 Å². The number of nitrogens with one attached hydrogen (secondary N) is 3. The second-order valence-electron chi connectivity index (χ2n) is 7.33. The van der Waals surface area contributed by atoms with Crippen LogP contribution in [0, 0.1) is 11.6 Å². The second kappa shape index (κ2) is 9.01. The highest BCUT2D eigenvalue weighted by molar-refractivity contribution is 5.99. The molecule has 0 aliphatic rings. The monoisotopic (exact) mass is 437 g/mol. The molecule has 0 atom stereocenters. The molecule has 32 heavy (non-hydrogen) atoms. The summed E-state index contributed by atoms with van der Waals surface area (Å²) in [5.74, 6) is -1.22. The van der Waals surface area contributed by atoms with Gasteiger partial charge in [-0.1, -0.05) is 13.3 Å². The number of amides is 2. The standard InChI is InChI=1S/C23H21F2N5O2/c1-2-3-4-16-13-21(28-23(32)27-20-8-6-15(24)12-18(20)25)30(29-16)17-7-9-19-14(11-17)5-10-22(31)26-19/h5-13H,2-4H2,1H3,(H,26,31)(H2,27,28,32). The van der Waals surface area contributed by atoms with E-state index in [1.807, 2.05) is 6.07 Å². The van der Waals surface area contributed by atoms with Crippen molar-refractivity contribution in [3.8, 4) is 5.69 Å². The van der Waals surface area contributed by atoms with Crippen molar-refractivity contribution in [3.63, 3.8) is 0 Å². The van der Waals surface area contributed by atoms with Crippen molar-refractivity contribution < 1.29 is 13.6 Å². The molecule has 2 amide bonds. The van der Waals surface area contributed by atoms with Gasteiger partial charge < -0.3 is 10.3 Å². The van der Waals surface area contributed by atoms with Crippen LogP contribution in [0.15, 0.2) is 59.4 Å². The summed E-state index contributed by atoms with van der Waals surface area (Å²) in [5, 5.41) is 10.5. The number of carbonyl (C=O) groups is 1. The molecule has 0 aliphatic heterocycles. The Kier molecular flexibility index (Phi) is 5.98. The van der Waals surface area contributed by atoms with Gasteiger partial charge in [-0.3, -0.25) is 10.1 Å². The van der Waals surface area contributed by atoms with Gasteiger partial charge >= 0.3 is 6.03 Å². The molecule has 4 rings (SSSR count). The number of urea groups is 1. The van der Waals surface area contributed by atoms with Crippen LogP contribution in [0.2, 0.25) is 0 Å². The summed E-state index contributed by atoms with van der Waals surface area (Å²) in [5.41, 5.74) is 1.81. The minimum atomic E-state index is -0.874. The van der Waals surface area contributed by atoms with E-state index >= 15 is 0 Å². The number of unbranched alkanes of at least 4 members (excludes halogenated alkanes) is 1. The summed E-state index contributed by atoms with van der Waals surface area (Å²) in [6.45, 7) is 2.07. The quantitative estimate of drug-likeness (QED) is 0.397. The number of hydrogen-bond donors (Lipinski definition) is 3. The first-order valence-electron chi connectivity index (χ1n) is 10.2. The Morgan fingerprint density at radius 3 is 2.69 bits per heavy atom. The third-order valence-electron chi connectivity index (χ3n) is 4.92. The van der Waals surface area contributed by atoms with Crippen LogP contribution in [0.3, 0.4) is 0 Å². The summed E-state index contributed by atoms with van der Waals surface area (Å²) < 4.78 is 28.6. The molecule has 0 spiro atoms. The van der Waals surface area contributed by atoms with Gasteiger partial charge in [-0.15, -0.1) is 0 Å². The zero-order valence-corrected chi connectivity index (χ0v) is 17.3. The van der Waals surface area contributed by atoms with Crippen molar-refractivity contribution in [2.45, 2.75) is 26.2 Å². The van der Waals surface area contributed by atoms with Crippen LogP contribution in [0.1, 0.15) is 25.5 Å². The van der Waals surface area contributed by atoms with Gasteiger partial charge in [0.2, 0.25) is 5.56 Å². The van der Waals surface area contributed by atoms with Gasteiger partial charge in [0.25, 0.3) is 0 Å². The highest BCUT2D eigenvalue weighted by Gasteiger charge is 2.15. The fourth-order valence-corrected chi connectivity index (χ4v) is 3.33. The van der Waals surface area contributed by atoms with Crippen LogP contribution in [0.5, 0.6) is 0 Å². The van der Waals surface area contributed by atoms with Gasteiger partial charge in [-0.05, 0) is 49.2 Å². The van der Waals surface area contributed by atoms with E-state index < -0.39 is 17.7 Å². The normalized spacial score (nSPS) is 11.0. The van der Waals surface area contributed by atoms with Gasteiger partial charge in [0.15, 0.2) is 0 Å². The summed E-state index contributed by atoms with van der Waals surface area (Å²) in [4.78, 5) is 26.8. The summed E-state index contributed by atoms with van der Waals surface area (Å²) in [6, 6.07) is 12.5. The number of pyridine rings is 1. The molecule has 0 bridgehead atoms. The maximum atomic E-state index is 13.9. The van der Waals surface area contributed by atoms with Crippen molar-refractivity contribution in [2.75, 3.05) is 10.6 Å². The molecular formula is C23H21F2N5O2. The van der Waals surface area contributed by atoms with Gasteiger partial charge in [0, 0.05) is 29.1 Å². The molecule has 2 aromatic carbocycles. The number of rotatable bonds is 6. The topological polar surface area (TPSA) is 91.8 Å². The van der Waals surface area contributed by atoms with Gasteiger partial charge in [-0.25, -0.2) is 18.3 Å². The predicted molar refractivity (Wildman–Crippen MR) is 119 cm³/mol. The zero-order chi connectivity index (χ0) is 22.7. The number of hydrogen-bond acceptors (Lipinski definition) is 3. The molecule has 0 aliphatic carbocycles. The van der Waals surface area contributed by atoms with Gasteiger partial charge in [0.05, 0.1) is 17.1 Å². The summed E-state index contributed by atoms with van der Waals surface area (Å²) in [7, 11) is 0. The molecule has 7 nitrogen and oxygen atoms in total. The number of benzene rings is 2. The molecule has 0 radical (unpaired) electrons. The van der Waals surface area contributed by atoms with Crippen molar-refractivity contribution in [1.29, 1.82) is 0 Å². The molecule has 0 saturated heterocycles. The van der Waals surface area contributed by atoms with Crippen LogP contribution >= 0.6 is 0 Å². The second-order valence-corrected chi connectivity index (χ2v) is 7.33. The number of carbonyl (C=O) groups excluding carboxylic acids is 1. The van der Waals surface area contributed by atoms with Crippen molar-refractivity contribution >= 4 is 28.4 Å². The smallest absolute Gasteiger partial charge is 0.322 e. The average molecular weight is 437 g/mol. The number of aromatic nitrogens is 3. The first-order chi connectivity index (χ1) is 15.4. The minimum absolute atomic E-state index is 0.143. The molecule has 0 unspecified atom stereocenters. The van der Waals surface area contributed by atoms with Gasteiger partial charge in [0.1, 0.15) is 17.5 Å². The fourth-order valence-electron chi connectivity index (χ4n) is 3.33. The molecule has 3 N–H and O–H groups in total. The third-order valence-corrected chi connectivity index (χ3v) is 4.92. The van der Waals surface area contributed by atoms with Crippen LogP contribution in [0.4, 0.5) is 25.1 Å². The SMILES string of the molecule is CCCCc1cc(NC(=O)Nc2ccc(F)cc2F)n(-c2ccc3[nH]c(=O)ccc3c2)n1. The van der Waals surface area contributed by atoms with E-state index in [1.54, 1.807) is 28.9 Å². The number of nitrogens with zero attached hydrogens (tertiary/aromatic N) is 2. The number of fused-ring (bicyclic) bond motifs is 1. The lowest BCUT2D eigenvalue weighted by molar-refractivity contribution is 0.262. The van der Waals surface area contributed by atoms with Crippen LogP contribution in [-0.2, 0) is 6.42 Å². The molecule has 4 aromatic rings. The highest BCUT2D eigenvalue weighted by Crippen LogP contribution is 2.22. The van der Waals surface area contributed by atoms with Crippen LogP contribution in [0.25, 0.3) is 16.6 Å². The number of halogens is 2. The summed E-state index contributed by atoms with van der Waals surface area (Å²) >= 11 is 0. The maximum Gasteiger partial charge on any atom is 0.324 e. The molecule has 0 fully saturated rings. The molecule has 0 saturated carbocycles. The number of aromatic amines is 1. The lowest BCUT2D eigenvalue weighted by Crippen LogP contribution is -2.22. The van der Waals surface area contributed by atoms with E-state index in [1.165, 1.54) is 6.07 Å². The highest BCUT2D eigenvalue weighted by atomic mass is 19.1.